The molecule has 0 fully saturated rings. The molecule has 3 rings (SSSR count). The van der Waals surface area contributed by atoms with Crippen molar-refractivity contribution in [3.8, 4) is 16.9 Å². The molecule has 0 spiro atoms. The summed E-state index contributed by atoms with van der Waals surface area (Å²) in [5, 5.41) is 17.1. The van der Waals surface area contributed by atoms with E-state index >= 15 is 0 Å². The molecule has 0 saturated carbocycles. The Hall–Kier alpha value is -2.67. The van der Waals surface area contributed by atoms with Gasteiger partial charge in [-0.05, 0) is 24.3 Å². The highest BCUT2D eigenvalue weighted by atomic mass is 19.1. The predicted octanol–water partition coefficient (Wildman–Crippen LogP) is 2.10. The average Bonchev–Trinajstić information content (AvgIpc) is 2.91. The lowest BCUT2D eigenvalue weighted by molar-refractivity contribution is 0.277. The van der Waals surface area contributed by atoms with Gasteiger partial charge in [0.1, 0.15) is 23.0 Å². The topological polar surface area (TPSA) is 63.8 Å². The molecule has 2 heterocycles. The van der Waals surface area contributed by atoms with E-state index in [4.69, 9.17) is 0 Å². The van der Waals surface area contributed by atoms with Crippen LogP contribution in [0.3, 0.4) is 0 Å². The van der Waals surface area contributed by atoms with Crippen LogP contribution in [0.1, 0.15) is 5.69 Å². The first-order valence-corrected chi connectivity index (χ1v) is 6.11. The Kier molecular flexibility index (Phi) is 3.41. The summed E-state index contributed by atoms with van der Waals surface area (Å²) in [5.74, 6) is -1.44. The fourth-order valence-corrected chi connectivity index (χ4v) is 2.05. The number of benzene rings is 1. The highest BCUT2D eigenvalue weighted by Crippen LogP contribution is 2.25. The van der Waals surface area contributed by atoms with E-state index in [-0.39, 0.29) is 12.3 Å². The maximum atomic E-state index is 13.4. The van der Waals surface area contributed by atoms with Gasteiger partial charge in [-0.2, -0.15) is 0 Å². The quantitative estimate of drug-likeness (QED) is 0.801. The van der Waals surface area contributed by atoms with Gasteiger partial charge in [0.05, 0.1) is 12.3 Å². The zero-order valence-corrected chi connectivity index (χ0v) is 10.7. The molecule has 3 aromatic rings. The molecule has 0 saturated heterocycles. The summed E-state index contributed by atoms with van der Waals surface area (Å²) >= 11 is 0. The van der Waals surface area contributed by atoms with Gasteiger partial charge in [-0.1, -0.05) is 5.21 Å². The second-order valence-electron chi connectivity index (χ2n) is 4.32. The number of hydrogen-bond donors (Lipinski definition) is 1. The lowest BCUT2D eigenvalue weighted by Gasteiger charge is -2.07. The van der Waals surface area contributed by atoms with Crippen LogP contribution in [0.15, 0.2) is 42.7 Å². The van der Waals surface area contributed by atoms with Crippen molar-refractivity contribution in [3.63, 3.8) is 0 Å². The molecule has 1 aromatic carbocycles. The Morgan fingerprint density at radius 3 is 2.52 bits per heavy atom. The van der Waals surface area contributed by atoms with Crippen molar-refractivity contribution >= 4 is 0 Å². The van der Waals surface area contributed by atoms with Crippen LogP contribution in [0.5, 0.6) is 0 Å². The Bertz CT molecular complexity index is 754. The minimum atomic E-state index is -0.719. The summed E-state index contributed by atoms with van der Waals surface area (Å²) in [5.41, 5.74) is 1.55. The van der Waals surface area contributed by atoms with E-state index in [2.05, 4.69) is 15.3 Å². The zero-order valence-electron chi connectivity index (χ0n) is 10.7. The lowest BCUT2D eigenvalue weighted by Crippen LogP contribution is -2.02. The van der Waals surface area contributed by atoms with E-state index in [1.165, 1.54) is 4.68 Å². The van der Waals surface area contributed by atoms with E-state index < -0.39 is 11.6 Å². The molecule has 5 nitrogen and oxygen atoms in total. The molecule has 2 aromatic heterocycles. The third-order valence-corrected chi connectivity index (χ3v) is 2.92. The van der Waals surface area contributed by atoms with Crippen LogP contribution >= 0.6 is 0 Å². The van der Waals surface area contributed by atoms with Gasteiger partial charge in [0.25, 0.3) is 0 Å². The Balaban J connectivity index is 2.22. The second kappa shape index (κ2) is 5.37. The first-order valence-electron chi connectivity index (χ1n) is 6.11. The normalized spacial score (nSPS) is 10.8. The van der Waals surface area contributed by atoms with Crippen molar-refractivity contribution in [1.82, 2.24) is 20.0 Å². The largest absolute Gasteiger partial charge is 0.390 e. The fourth-order valence-electron chi connectivity index (χ4n) is 2.05. The van der Waals surface area contributed by atoms with Crippen molar-refractivity contribution in [3.05, 3.63) is 60.1 Å². The minimum absolute atomic E-state index is 0.179. The maximum Gasteiger partial charge on any atom is 0.128 e. The molecule has 0 radical (unpaired) electrons. The van der Waals surface area contributed by atoms with E-state index in [1.54, 1.807) is 24.5 Å². The van der Waals surface area contributed by atoms with Gasteiger partial charge >= 0.3 is 0 Å². The van der Waals surface area contributed by atoms with Gasteiger partial charge in [-0.3, -0.25) is 4.98 Å². The van der Waals surface area contributed by atoms with Gasteiger partial charge in [0.15, 0.2) is 0 Å². The van der Waals surface area contributed by atoms with Crippen LogP contribution in [0.2, 0.25) is 0 Å². The van der Waals surface area contributed by atoms with Crippen LogP contribution in [0, 0.1) is 11.6 Å². The van der Waals surface area contributed by atoms with Crippen molar-refractivity contribution in [1.29, 1.82) is 0 Å². The van der Waals surface area contributed by atoms with Gasteiger partial charge < -0.3 is 5.11 Å². The lowest BCUT2D eigenvalue weighted by atomic mass is 10.1. The van der Waals surface area contributed by atoms with Crippen LogP contribution in [-0.4, -0.2) is 25.1 Å². The van der Waals surface area contributed by atoms with Crippen molar-refractivity contribution in [2.75, 3.05) is 0 Å². The zero-order chi connectivity index (χ0) is 14.8. The predicted molar refractivity (Wildman–Crippen MR) is 70.4 cm³/mol. The van der Waals surface area contributed by atoms with Gasteiger partial charge in [-0.25, -0.2) is 13.5 Å². The molecule has 0 atom stereocenters. The standard InChI is InChI=1S/C14H10F2N4O/c15-10-4-11(16)6-12(5-10)20-14(13(8-21)18-19-20)9-2-1-3-17-7-9/h1-7,21H,8H2. The SMILES string of the molecule is OCc1nnn(-c2cc(F)cc(F)c2)c1-c1cccnc1. The molecular formula is C14H10F2N4O. The molecule has 1 N–H and O–H groups in total. The number of aliphatic hydroxyl groups excluding tert-OH is 1. The van der Waals surface area contributed by atoms with E-state index in [1.807, 2.05) is 0 Å². The number of hydrogen-bond acceptors (Lipinski definition) is 4. The Morgan fingerprint density at radius 1 is 1.14 bits per heavy atom. The van der Waals surface area contributed by atoms with Gasteiger partial charge in [0, 0.05) is 24.0 Å². The van der Waals surface area contributed by atoms with Crippen LogP contribution in [0.25, 0.3) is 16.9 Å². The minimum Gasteiger partial charge on any atom is -0.390 e. The molecular weight excluding hydrogens is 278 g/mol. The molecule has 7 heteroatoms. The number of pyridine rings is 1. The first-order chi connectivity index (χ1) is 10.2. The second-order valence-corrected chi connectivity index (χ2v) is 4.32. The van der Waals surface area contributed by atoms with Crippen molar-refractivity contribution < 1.29 is 13.9 Å². The summed E-state index contributed by atoms with van der Waals surface area (Å²) in [7, 11) is 0. The molecule has 21 heavy (non-hydrogen) atoms. The number of aliphatic hydroxyl groups is 1. The highest BCUT2D eigenvalue weighted by Gasteiger charge is 2.16. The smallest absolute Gasteiger partial charge is 0.128 e. The molecule has 0 unspecified atom stereocenters. The van der Waals surface area contributed by atoms with E-state index in [0.29, 0.717) is 17.0 Å². The number of rotatable bonds is 3. The Labute approximate surface area is 118 Å². The monoisotopic (exact) mass is 288 g/mol. The van der Waals surface area contributed by atoms with Crippen molar-refractivity contribution in [2.24, 2.45) is 0 Å². The highest BCUT2D eigenvalue weighted by molar-refractivity contribution is 5.63. The van der Waals surface area contributed by atoms with E-state index in [0.717, 1.165) is 18.2 Å². The number of aromatic nitrogens is 4. The fraction of sp³-hybridized carbons (Fsp3) is 0.0714. The first kappa shape index (κ1) is 13.3. The van der Waals surface area contributed by atoms with Crippen LogP contribution < -0.4 is 0 Å². The summed E-state index contributed by atoms with van der Waals surface area (Å²) < 4.78 is 28.0. The maximum absolute atomic E-state index is 13.4. The third-order valence-electron chi connectivity index (χ3n) is 2.92. The van der Waals surface area contributed by atoms with Crippen molar-refractivity contribution in [2.45, 2.75) is 6.61 Å². The van der Waals surface area contributed by atoms with E-state index in [9.17, 15) is 13.9 Å². The summed E-state index contributed by atoms with van der Waals surface area (Å²) in [4.78, 5) is 3.99. The van der Waals surface area contributed by atoms with Crippen LogP contribution in [0.4, 0.5) is 8.78 Å². The summed E-state index contributed by atoms with van der Waals surface area (Å²) in [6, 6.07) is 6.51. The van der Waals surface area contributed by atoms with Gasteiger partial charge in [-0.15, -0.1) is 5.10 Å². The molecule has 0 aliphatic rings. The third kappa shape index (κ3) is 2.50. The molecule has 0 aliphatic heterocycles. The van der Waals surface area contributed by atoms with Gasteiger partial charge in [0.2, 0.25) is 0 Å². The Morgan fingerprint density at radius 2 is 1.90 bits per heavy atom. The molecule has 0 aliphatic carbocycles. The molecule has 0 bridgehead atoms. The number of nitrogens with zero attached hydrogens (tertiary/aromatic N) is 4. The average molecular weight is 288 g/mol. The number of halogens is 2. The van der Waals surface area contributed by atoms with Crippen LogP contribution in [-0.2, 0) is 6.61 Å². The molecule has 0 amide bonds. The summed E-state index contributed by atoms with van der Waals surface area (Å²) in [6.45, 7) is -0.345. The molecule has 106 valence electrons. The summed E-state index contributed by atoms with van der Waals surface area (Å²) in [6.07, 6.45) is 3.15.